The van der Waals surface area contributed by atoms with Crippen LogP contribution < -0.4 is 11.1 Å². The van der Waals surface area contributed by atoms with Gasteiger partial charge in [-0.3, -0.25) is 0 Å². The van der Waals surface area contributed by atoms with Gasteiger partial charge in [-0.1, -0.05) is 0 Å². The molecule has 14 heavy (non-hydrogen) atoms. The summed E-state index contributed by atoms with van der Waals surface area (Å²) in [6, 6.07) is 0.502. The number of amides is 2. The number of carbonyl (C=O) groups is 1. The van der Waals surface area contributed by atoms with Crippen molar-refractivity contribution in [1.29, 1.82) is 0 Å². The molecule has 0 spiro atoms. The number of halogens is 3. The van der Waals surface area contributed by atoms with Gasteiger partial charge in [-0.05, 0) is 12.1 Å². The standard InChI is InChI=1S/C8H7F3N2O/c9-5-1-2-6(10)7(11)4(5)3-13-8(12)14/h1-2H,3H2,(H3,12,13,14). The van der Waals surface area contributed by atoms with Gasteiger partial charge >= 0.3 is 6.03 Å². The zero-order valence-electron chi connectivity index (χ0n) is 6.98. The molecule has 76 valence electrons. The third kappa shape index (κ3) is 2.15. The zero-order chi connectivity index (χ0) is 10.7. The van der Waals surface area contributed by atoms with Crippen LogP contribution in [0.15, 0.2) is 12.1 Å². The van der Waals surface area contributed by atoms with Gasteiger partial charge in [0.1, 0.15) is 5.82 Å². The summed E-state index contributed by atoms with van der Waals surface area (Å²) in [4.78, 5) is 10.3. The Balaban J connectivity index is 2.95. The molecule has 0 bridgehead atoms. The monoisotopic (exact) mass is 204 g/mol. The normalized spacial score (nSPS) is 9.93. The smallest absolute Gasteiger partial charge is 0.312 e. The molecule has 3 N–H and O–H groups in total. The highest BCUT2D eigenvalue weighted by Crippen LogP contribution is 2.15. The quantitative estimate of drug-likeness (QED) is 0.700. The molecule has 0 heterocycles. The van der Waals surface area contributed by atoms with E-state index < -0.39 is 35.6 Å². The van der Waals surface area contributed by atoms with E-state index in [1.54, 1.807) is 0 Å². The van der Waals surface area contributed by atoms with Crippen molar-refractivity contribution >= 4 is 6.03 Å². The first-order valence-corrected chi connectivity index (χ1v) is 3.68. The van der Waals surface area contributed by atoms with Crippen LogP contribution in [0.25, 0.3) is 0 Å². The van der Waals surface area contributed by atoms with Gasteiger partial charge in [-0.15, -0.1) is 0 Å². The molecule has 0 saturated carbocycles. The molecule has 1 aromatic rings. The fourth-order valence-corrected chi connectivity index (χ4v) is 0.907. The molecule has 0 atom stereocenters. The van der Waals surface area contributed by atoms with Crippen molar-refractivity contribution < 1.29 is 18.0 Å². The van der Waals surface area contributed by atoms with Crippen molar-refractivity contribution in [1.82, 2.24) is 5.32 Å². The van der Waals surface area contributed by atoms with Crippen LogP contribution in [0.4, 0.5) is 18.0 Å². The maximum Gasteiger partial charge on any atom is 0.312 e. The van der Waals surface area contributed by atoms with Gasteiger partial charge in [0, 0.05) is 5.56 Å². The molecule has 6 heteroatoms. The second-order valence-electron chi connectivity index (χ2n) is 2.54. The van der Waals surface area contributed by atoms with Crippen molar-refractivity contribution in [2.45, 2.75) is 6.54 Å². The van der Waals surface area contributed by atoms with Crippen LogP contribution in [0.5, 0.6) is 0 Å². The summed E-state index contributed by atoms with van der Waals surface area (Å²) in [6.07, 6.45) is 0. The summed E-state index contributed by atoms with van der Waals surface area (Å²) in [6.45, 7) is -0.481. The molecule has 3 nitrogen and oxygen atoms in total. The second-order valence-corrected chi connectivity index (χ2v) is 2.54. The van der Waals surface area contributed by atoms with E-state index in [1.807, 2.05) is 5.32 Å². The van der Waals surface area contributed by atoms with E-state index in [4.69, 9.17) is 0 Å². The largest absolute Gasteiger partial charge is 0.352 e. The Morgan fingerprint density at radius 2 is 1.86 bits per heavy atom. The van der Waals surface area contributed by atoms with Crippen molar-refractivity contribution in [2.75, 3.05) is 0 Å². The first-order valence-electron chi connectivity index (χ1n) is 3.68. The Labute approximate surface area is 77.7 Å². The van der Waals surface area contributed by atoms with Crippen LogP contribution in [0.1, 0.15) is 5.56 Å². The average molecular weight is 204 g/mol. The van der Waals surface area contributed by atoms with Gasteiger partial charge in [0.05, 0.1) is 6.54 Å². The number of urea groups is 1. The van der Waals surface area contributed by atoms with Crippen LogP contribution in [0, 0.1) is 17.5 Å². The predicted octanol–water partition coefficient (Wildman–Crippen LogP) is 1.27. The van der Waals surface area contributed by atoms with Gasteiger partial charge in [-0.25, -0.2) is 18.0 Å². The minimum Gasteiger partial charge on any atom is -0.352 e. The van der Waals surface area contributed by atoms with Crippen molar-refractivity contribution in [3.05, 3.63) is 35.1 Å². The van der Waals surface area contributed by atoms with Gasteiger partial charge in [0.15, 0.2) is 11.6 Å². The minimum atomic E-state index is -1.32. The van der Waals surface area contributed by atoms with Gasteiger partial charge in [0.25, 0.3) is 0 Å². The maximum absolute atomic E-state index is 12.9. The third-order valence-corrected chi connectivity index (χ3v) is 1.58. The number of benzene rings is 1. The predicted molar refractivity (Wildman–Crippen MR) is 42.7 cm³/mol. The van der Waals surface area contributed by atoms with Crippen LogP contribution in [-0.4, -0.2) is 6.03 Å². The molecule has 0 fully saturated rings. The van der Waals surface area contributed by atoms with Crippen LogP contribution in [-0.2, 0) is 6.54 Å². The molecule has 0 unspecified atom stereocenters. The average Bonchev–Trinajstić information content (AvgIpc) is 2.11. The SMILES string of the molecule is NC(=O)NCc1c(F)ccc(F)c1F. The highest BCUT2D eigenvalue weighted by Gasteiger charge is 2.13. The van der Waals surface area contributed by atoms with Crippen molar-refractivity contribution in [2.24, 2.45) is 5.73 Å². The number of carbonyl (C=O) groups excluding carboxylic acids is 1. The van der Waals surface area contributed by atoms with E-state index in [2.05, 4.69) is 5.73 Å². The topological polar surface area (TPSA) is 55.1 Å². The van der Waals surface area contributed by atoms with E-state index in [1.165, 1.54) is 0 Å². The highest BCUT2D eigenvalue weighted by atomic mass is 19.2. The Morgan fingerprint density at radius 3 is 2.43 bits per heavy atom. The van der Waals surface area contributed by atoms with Gasteiger partial charge in [-0.2, -0.15) is 0 Å². The molecule has 0 radical (unpaired) electrons. The molecule has 0 aromatic heterocycles. The Morgan fingerprint density at radius 1 is 1.29 bits per heavy atom. The summed E-state index contributed by atoms with van der Waals surface area (Å²) in [5.74, 6) is -3.43. The van der Waals surface area contributed by atoms with E-state index in [0.717, 1.165) is 6.07 Å². The number of nitrogens with one attached hydrogen (secondary N) is 1. The number of nitrogens with two attached hydrogens (primary N) is 1. The van der Waals surface area contributed by atoms with Crippen molar-refractivity contribution in [3.63, 3.8) is 0 Å². The number of hydrogen-bond donors (Lipinski definition) is 2. The highest BCUT2D eigenvalue weighted by molar-refractivity contribution is 5.71. The zero-order valence-corrected chi connectivity index (χ0v) is 6.98. The molecule has 0 aliphatic carbocycles. The number of hydrogen-bond acceptors (Lipinski definition) is 1. The summed E-state index contributed by atoms with van der Waals surface area (Å²) in [7, 11) is 0. The first-order chi connectivity index (χ1) is 6.52. The molecule has 0 aliphatic heterocycles. The van der Waals surface area contributed by atoms with Crippen LogP contribution in [0.2, 0.25) is 0 Å². The summed E-state index contributed by atoms with van der Waals surface area (Å²) >= 11 is 0. The van der Waals surface area contributed by atoms with E-state index in [9.17, 15) is 18.0 Å². The number of primary amides is 1. The first kappa shape index (κ1) is 10.4. The lowest BCUT2D eigenvalue weighted by Gasteiger charge is -2.05. The summed E-state index contributed by atoms with van der Waals surface area (Å²) < 4.78 is 38.4. The molecule has 0 aliphatic rings. The van der Waals surface area contributed by atoms with E-state index in [0.29, 0.717) is 6.07 Å². The van der Waals surface area contributed by atoms with Crippen molar-refractivity contribution in [3.8, 4) is 0 Å². The lowest BCUT2D eigenvalue weighted by Crippen LogP contribution is -2.29. The van der Waals surface area contributed by atoms with E-state index >= 15 is 0 Å². The fraction of sp³-hybridized carbons (Fsp3) is 0.125. The van der Waals surface area contributed by atoms with E-state index in [-0.39, 0.29) is 0 Å². The van der Waals surface area contributed by atoms with Gasteiger partial charge < -0.3 is 11.1 Å². The Bertz CT molecular complexity index is 368. The maximum atomic E-state index is 12.9. The lowest BCUT2D eigenvalue weighted by atomic mass is 10.2. The second kappa shape index (κ2) is 3.99. The molecular weight excluding hydrogens is 197 g/mol. The fourth-order valence-electron chi connectivity index (χ4n) is 0.907. The molecule has 0 saturated heterocycles. The van der Waals surface area contributed by atoms with Crippen LogP contribution >= 0.6 is 0 Å². The van der Waals surface area contributed by atoms with Gasteiger partial charge in [0.2, 0.25) is 0 Å². The molecule has 2 amide bonds. The molecular formula is C8H7F3N2O. The summed E-state index contributed by atoms with van der Waals surface area (Å²) in [5, 5.41) is 1.96. The third-order valence-electron chi connectivity index (χ3n) is 1.58. The Kier molecular flexibility index (Phi) is 2.95. The minimum absolute atomic E-state index is 0.481. The Hall–Kier alpha value is -1.72. The summed E-state index contributed by atoms with van der Waals surface area (Å²) in [5.41, 5.74) is 4.14. The molecule has 1 aromatic carbocycles. The number of rotatable bonds is 2. The lowest BCUT2D eigenvalue weighted by molar-refractivity contribution is 0.248. The van der Waals surface area contributed by atoms with Crippen LogP contribution in [0.3, 0.4) is 0 Å². The molecule has 1 rings (SSSR count).